The lowest BCUT2D eigenvalue weighted by atomic mass is 10.0. The molecule has 0 rings (SSSR count). The Morgan fingerprint density at radius 2 is 0.490 bits per heavy atom. The fourth-order valence-corrected chi connectivity index (χ4v) is 7.36. The first kappa shape index (κ1) is 48.2. The van der Waals surface area contributed by atoms with Crippen LogP contribution in [-0.2, 0) is 0 Å². The fourth-order valence-electron chi connectivity index (χ4n) is 7.36. The molecular weight excluding hydrogens is 589 g/mol. The second-order valence-corrected chi connectivity index (χ2v) is 16.3. The summed E-state index contributed by atoms with van der Waals surface area (Å²) in [5.74, 6) is 0. The number of allylic oxidation sites excluding steroid dienone is 6. The largest absolute Gasteiger partial charge is 0.0845 e. The number of hydrogen-bond acceptors (Lipinski definition) is 0. The van der Waals surface area contributed by atoms with Crippen LogP contribution in [0.15, 0.2) is 36.0 Å². The van der Waals surface area contributed by atoms with Crippen molar-refractivity contribution in [2.45, 2.75) is 278 Å². The molecule has 290 valence electrons. The van der Waals surface area contributed by atoms with Gasteiger partial charge in [0.15, 0.2) is 0 Å². The Bertz CT molecular complexity index is 662. The van der Waals surface area contributed by atoms with Crippen LogP contribution in [0.25, 0.3) is 0 Å². The number of unbranched alkanes of at least 4 members (excludes halogenated alkanes) is 39. The molecule has 0 N–H and O–H groups in total. The fraction of sp³-hybridized carbons (Fsp3) is 0.878. The van der Waals surface area contributed by atoms with E-state index < -0.39 is 0 Å². The molecule has 0 aliphatic carbocycles. The van der Waals surface area contributed by atoms with Gasteiger partial charge in [0.2, 0.25) is 0 Å². The van der Waals surface area contributed by atoms with E-state index >= 15 is 0 Å². The Morgan fingerprint density at radius 1 is 0.265 bits per heavy atom. The van der Waals surface area contributed by atoms with Gasteiger partial charge in [-0.3, -0.25) is 0 Å². The van der Waals surface area contributed by atoms with Crippen molar-refractivity contribution in [2.75, 3.05) is 0 Å². The van der Waals surface area contributed by atoms with Gasteiger partial charge in [-0.05, 0) is 26.7 Å². The first-order valence-electron chi connectivity index (χ1n) is 23.2. The van der Waals surface area contributed by atoms with Gasteiger partial charge in [0.05, 0.1) is 0 Å². The van der Waals surface area contributed by atoms with Gasteiger partial charge in [0.25, 0.3) is 0 Å². The molecule has 0 aromatic heterocycles. The maximum absolute atomic E-state index is 2.32. The van der Waals surface area contributed by atoms with Crippen molar-refractivity contribution in [3.05, 3.63) is 36.0 Å². The van der Waals surface area contributed by atoms with Crippen molar-refractivity contribution in [1.82, 2.24) is 0 Å². The Balaban J connectivity index is 3.09. The van der Waals surface area contributed by atoms with Crippen molar-refractivity contribution >= 4 is 0 Å². The highest BCUT2D eigenvalue weighted by molar-refractivity contribution is 5.14. The maximum atomic E-state index is 2.32. The van der Waals surface area contributed by atoms with Gasteiger partial charge in [0, 0.05) is 0 Å². The van der Waals surface area contributed by atoms with Gasteiger partial charge < -0.3 is 0 Å². The molecular formula is C49H94. The van der Waals surface area contributed by atoms with E-state index in [0.29, 0.717) is 0 Å². The summed E-state index contributed by atoms with van der Waals surface area (Å²) in [7, 11) is 0. The second kappa shape index (κ2) is 45.2. The maximum Gasteiger partial charge on any atom is -0.0348 e. The topological polar surface area (TPSA) is 0 Å². The van der Waals surface area contributed by atoms with Gasteiger partial charge >= 0.3 is 0 Å². The van der Waals surface area contributed by atoms with Crippen molar-refractivity contribution in [3.63, 3.8) is 0 Å². The normalized spacial score (nSPS) is 11.8. The Hall–Kier alpha value is -0.780. The van der Waals surface area contributed by atoms with Crippen LogP contribution in [0.2, 0.25) is 0 Å². The average Bonchev–Trinajstić information content (AvgIpc) is 3.10. The zero-order valence-electron chi connectivity index (χ0n) is 34.7. The molecule has 0 spiro atoms. The minimum atomic E-state index is 1.23. The quantitative estimate of drug-likeness (QED) is 0.0444. The summed E-state index contributed by atoms with van der Waals surface area (Å²) in [4.78, 5) is 0. The molecule has 0 aromatic rings. The lowest BCUT2D eigenvalue weighted by Gasteiger charge is -2.05. The molecule has 0 aliphatic rings. The van der Waals surface area contributed by atoms with E-state index in [-0.39, 0.29) is 0 Å². The van der Waals surface area contributed by atoms with Gasteiger partial charge in [-0.25, -0.2) is 0 Å². The van der Waals surface area contributed by atoms with Crippen LogP contribution in [0.1, 0.15) is 278 Å². The molecule has 0 aliphatic heterocycles. The highest BCUT2D eigenvalue weighted by atomic mass is 14.0. The van der Waals surface area contributed by atoms with Crippen LogP contribution in [0.3, 0.4) is 0 Å². The summed E-state index contributed by atoms with van der Waals surface area (Å²) in [6.45, 7) is 6.59. The van der Waals surface area contributed by atoms with E-state index in [1.54, 1.807) is 0 Å². The zero-order valence-corrected chi connectivity index (χ0v) is 34.7. The smallest absolute Gasteiger partial charge is 0.0348 e. The molecule has 0 heterocycles. The van der Waals surface area contributed by atoms with Crippen LogP contribution in [-0.4, -0.2) is 0 Å². The third kappa shape index (κ3) is 47.2. The number of hydrogen-bond donors (Lipinski definition) is 0. The molecule has 0 bridgehead atoms. The second-order valence-electron chi connectivity index (χ2n) is 16.3. The van der Waals surface area contributed by atoms with Gasteiger partial charge in [-0.1, -0.05) is 287 Å². The van der Waals surface area contributed by atoms with Crippen LogP contribution in [0.5, 0.6) is 0 Å². The molecule has 0 fully saturated rings. The van der Waals surface area contributed by atoms with Crippen molar-refractivity contribution in [1.29, 1.82) is 0 Å². The van der Waals surface area contributed by atoms with Crippen molar-refractivity contribution in [2.24, 2.45) is 0 Å². The monoisotopic (exact) mass is 683 g/mol. The first-order chi connectivity index (χ1) is 24.3. The summed E-state index contributed by atoms with van der Waals surface area (Å²) < 4.78 is 0. The lowest BCUT2D eigenvalue weighted by Crippen LogP contribution is -1.85. The molecule has 0 atom stereocenters. The molecule has 0 aromatic carbocycles. The summed E-state index contributed by atoms with van der Waals surface area (Å²) in [6.07, 6.45) is 69.7. The summed E-state index contributed by atoms with van der Waals surface area (Å²) in [6, 6.07) is 0. The van der Waals surface area contributed by atoms with Crippen molar-refractivity contribution in [3.8, 4) is 0 Å². The van der Waals surface area contributed by atoms with Gasteiger partial charge in [-0.15, -0.1) is 0 Å². The third-order valence-corrected chi connectivity index (χ3v) is 10.8. The minimum absolute atomic E-state index is 1.23. The number of rotatable bonds is 42. The van der Waals surface area contributed by atoms with Crippen LogP contribution < -0.4 is 0 Å². The molecule has 0 radical (unpaired) electrons. The molecule has 0 heteroatoms. The van der Waals surface area contributed by atoms with Crippen LogP contribution in [0.4, 0.5) is 0 Å². The third-order valence-electron chi connectivity index (χ3n) is 10.8. The molecule has 0 amide bonds. The van der Waals surface area contributed by atoms with Crippen LogP contribution >= 0.6 is 0 Å². The lowest BCUT2D eigenvalue weighted by molar-refractivity contribution is 0.509. The van der Waals surface area contributed by atoms with E-state index in [4.69, 9.17) is 0 Å². The van der Waals surface area contributed by atoms with E-state index in [0.717, 1.165) is 0 Å². The highest BCUT2D eigenvalue weighted by Crippen LogP contribution is 2.17. The van der Waals surface area contributed by atoms with E-state index in [9.17, 15) is 0 Å². The predicted octanol–water partition coefficient (Wildman–Crippen LogP) is 18.7. The van der Waals surface area contributed by atoms with E-state index in [1.165, 1.54) is 262 Å². The van der Waals surface area contributed by atoms with Crippen LogP contribution in [0, 0.1) is 0 Å². The molecule has 0 saturated heterocycles. The van der Waals surface area contributed by atoms with Gasteiger partial charge in [0.1, 0.15) is 0 Å². The standard InChI is InChI=1S/C49H94/c1-4-5-6-7-8-9-10-11-12-13-14-15-16-17-18-19-20-21-22-23-24-25-26-27-28-29-30-31-32-33-34-35-36-37-38-39-40-41-42-43-44-45-46-47-48-49(2)3/h44-48H,4-43H2,1-3H3. The van der Waals surface area contributed by atoms with Gasteiger partial charge in [-0.2, -0.15) is 0 Å². The molecule has 0 nitrogen and oxygen atoms in total. The minimum Gasteiger partial charge on any atom is -0.0845 e. The van der Waals surface area contributed by atoms with Crippen molar-refractivity contribution < 1.29 is 0 Å². The highest BCUT2D eigenvalue weighted by Gasteiger charge is 1.98. The SMILES string of the molecule is CCCCCCCCCCCCCCCCCCCCCCCCCCCCCCCCCCCCCCCCCC=CC=CC=C(C)C. The first-order valence-corrected chi connectivity index (χ1v) is 23.2. The summed E-state index contributed by atoms with van der Waals surface area (Å²) >= 11 is 0. The summed E-state index contributed by atoms with van der Waals surface area (Å²) in [5, 5.41) is 0. The molecule has 0 unspecified atom stereocenters. The molecule has 49 heavy (non-hydrogen) atoms. The van der Waals surface area contributed by atoms with E-state index in [1.807, 2.05) is 0 Å². The Labute approximate surface area is 312 Å². The Kier molecular flexibility index (Phi) is 44.5. The van der Waals surface area contributed by atoms with E-state index in [2.05, 4.69) is 51.2 Å². The predicted molar refractivity (Wildman–Crippen MR) is 228 cm³/mol. The summed E-state index contributed by atoms with van der Waals surface area (Å²) in [5.41, 5.74) is 1.36. The zero-order chi connectivity index (χ0) is 35.4. The average molecular weight is 683 g/mol. The Morgan fingerprint density at radius 3 is 0.714 bits per heavy atom. The molecule has 0 saturated carbocycles.